The van der Waals surface area contributed by atoms with E-state index in [-0.39, 0.29) is 36.4 Å². The molecule has 1 aliphatic rings. The number of esters is 1. The van der Waals surface area contributed by atoms with E-state index in [1.54, 1.807) is 53.4 Å². The molecule has 1 heterocycles. The third-order valence-corrected chi connectivity index (χ3v) is 5.42. The lowest BCUT2D eigenvalue weighted by Crippen LogP contribution is -2.34. The standard InChI is InChI=1S/C26H22N2O5/c1-2-27(20-8-4-3-5-9-20)23(29)17-33-26(32)19-14-12-18(13-15-19)16-28-24(30)21-10-6-7-11-22(21)25(28)31/h3-15H,2,16-17H2,1H3. The van der Waals surface area contributed by atoms with Crippen LogP contribution in [-0.2, 0) is 16.1 Å². The molecule has 0 radical (unpaired) electrons. The van der Waals surface area contributed by atoms with E-state index >= 15 is 0 Å². The predicted molar refractivity (Wildman–Crippen MR) is 122 cm³/mol. The van der Waals surface area contributed by atoms with E-state index in [1.807, 2.05) is 37.3 Å². The van der Waals surface area contributed by atoms with E-state index in [4.69, 9.17) is 4.74 Å². The Hall–Kier alpha value is -4.26. The smallest absolute Gasteiger partial charge is 0.338 e. The van der Waals surface area contributed by atoms with Crippen molar-refractivity contribution in [3.63, 3.8) is 0 Å². The molecule has 166 valence electrons. The molecule has 0 saturated heterocycles. The molecule has 1 aliphatic heterocycles. The summed E-state index contributed by atoms with van der Waals surface area (Å²) < 4.78 is 5.20. The number of fused-ring (bicyclic) bond motifs is 1. The van der Waals surface area contributed by atoms with Crippen LogP contribution >= 0.6 is 0 Å². The van der Waals surface area contributed by atoms with E-state index in [2.05, 4.69) is 0 Å². The van der Waals surface area contributed by atoms with Crippen LogP contribution in [0.5, 0.6) is 0 Å². The van der Waals surface area contributed by atoms with Gasteiger partial charge in [0, 0.05) is 12.2 Å². The minimum absolute atomic E-state index is 0.0999. The first-order chi connectivity index (χ1) is 16.0. The molecular weight excluding hydrogens is 420 g/mol. The molecule has 4 rings (SSSR count). The average Bonchev–Trinajstić information content (AvgIpc) is 3.09. The molecule has 0 bridgehead atoms. The molecule has 0 N–H and O–H groups in total. The summed E-state index contributed by atoms with van der Waals surface area (Å²) >= 11 is 0. The zero-order valence-corrected chi connectivity index (χ0v) is 18.1. The minimum Gasteiger partial charge on any atom is -0.452 e. The second-order valence-electron chi connectivity index (χ2n) is 7.49. The second kappa shape index (κ2) is 9.48. The average molecular weight is 442 g/mol. The molecule has 0 aromatic heterocycles. The molecule has 7 heteroatoms. The summed E-state index contributed by atoms with van der Waals surface area (Å²) in [7, 11) is 0. The van der Waals surface area contributed by atoms with Crippen LogP contribution in [0.1, 0.15) is 43.6 Å². The largest absolute Gasteiger partial charge is 0.452 e. The van der Waals surface area contributed by atoms with Crippen molar-refractivity contribution in [3.8, 4) is 0 Å². The third kappa shape index (κ3) is 4.52. The van der Waals surface area contributed by atoms with Crippen LogP contribution in [-0.4, -0.2) is 41.7 Å². The van der Waals surface area contributed by atoms with Gasteiger partial charge in [0.2, 0.25) is 0 Å². The first-order valence-corrected chi connectivity index (χ1v) is 10.6. The molecule has 3 aromatic rings. The number of nitrogens with zero attached hydrogens (tertiary/aromatic N) is 2. The zero-order chi connectivity index (χ0) is 23.4. The van der Waals surface area contributed by atoms with Crippen LogP contribution in [0.3, 0.4) is 0 Å². The number of para-hydroxylation sites is 1. The Balaban J connectivity index is 1.35. The highest BCUT2D eigenvalue weighted by Crippen LogP contribution is 2.24. The molecule has 0 unspecified atom stereocenters. The van der Waals surface area contributed by atoms with E-state index in [0.717, 1.165) is 5.69 Å². The van der Waals surface area contributed by atoms with Crippen molar-refractivity contribution in [1.82, 2.24) is 4.90 Å². The van der Waals surface area contributed by atoms with Crippen molar-refractivity contribution < 1.29 is 23.9 Å². The Kier molecular flexibility index (Phi) is 6.31. The molecule has 33 heavy (non-hydrogen) atoms. The van der Waals surface area contributed by atoms with Crippen molar-refractivity contribution in [2.24, 2.45) is 0 Å². The maximum Gasteiger partial charge on any atom is 0.338 e. The SMILES string of the molecule is CCN(C(=O)COC(=O)c1ccc(CN2C(=O)c3ccccc3C2=O)cc1)c1ccccc1. The third-order valence-electron chi connectivity index (χ3n) is 5.42. The first-order valence-electron chi connectivity index (χ1n) is 10.6. The van der Waals surface area contributed by atoms with Gasteiger partial charge in [0.1, 0.15) is 0 Å². The predicted octanol–water partition coefficient (Wildman–Crippen LogP) is 3.69. The van der Waals surface area contributed by atoms with Crippen LogP contribution < -0.4 is 4.90 Å². The fraction of sp³-hybridized carbons (Fsp3) is 0.154. The number of carbonyl (C=O) groups excluding carboxylic acids is 4. The van der Waals surface area contributed by atoms with Gasteiger partial charge in [0.05, 0.1) is 23.2 Å². The number of ether oxygens (including phenoxy) is 1. The monoisotopic (exact) mass is 442 g/mol. The summed E-state index contributed by atoms with van der Waals surface area (Å²) in [6.45, 7) is 2.02. The summed E-state index contributed by atoms with van der Waals surface area (Å²) in [5, 5.41) is 0. The number of likely N-dealkylation sites (N-methyl/N-ethyl adjacent to an activating group) is 1. The Morgan fingerprint density at radius 1 is 0.818 bits per heavy atom. The Labute approximate surface area is 191 Å². The molecule has 0 spiro atoms. The van der Waals surface area contributed by atoms with Crippen molar-refractivity contribution in [2.45, 2.75) is 13.5 Å². The number of benzene rings is 3. The van der Waals surface area contributed by atoms with Gasteiger partial charge < -0.3 is 9.64 Å². The van der Waals surface area contributed by atoms with Gasteiger partial charge in [-0.3, -0.25) is 19.3 Å². The number of anilines is 1. The maximum atomic E-state index is 12.5. The van der Waals surface area contributed by atoms with Crippen LogP contribution in [0.25, 0.3) is 0 Å². The van der Waals surface area contributed by atoms with Gasteiger partial charge in [-0.2, -0.15) is 0 Å². The lowest BCUT2D eigenvalue weighted by atomic mass is 10.1. The van der Waals surface area contributed by atoms with Gasteiger partial charge >= 0.3 is 5.97 Å². The number of rotatable bonds is 7. The van der Waals surface area contributed by atoms with Crippen LogP contribution in [0.4, 0.5) is 5.69 Å². The van der Waals surface area contributed by atoms with Crippen molar-refractivity contribution in [1.29, 1.82) is 0 Å². The highest BCUT2D eigenvalue weighted by molar-refractivity contribution is 6.21. The number of imide groups is 1. The summed E-state index contributed by atoms with van der Waals surface area (Å²) in [5.41, 5.74) is 2.49. The molecule has 3 aromatic carbocycles. The van der Waals surface area contributed by atoms with E-state index < -0.39 is 5.97 Å². The number of hydrogen-bond acceptors (Lipinski definition) is 5. The van der Waals surface area contributed by atoms with Crippen LogP contribution in [0.2, 0.25) is 0 Å². The van der Waals surface area contributed by atoms with Crippen molar-refractivity contribution in [3.05, 3.63) is 101 Å². The van der Waals surface area contributed by atoms with Crippen molar-refractivity contribution >= 4 is 29.4 Å². The quantitative estimate of drug-likeness (QED) is 0.412. The van der Waals surface area contributed by atoms with Gasteiger partial charge in [-0.1, -0.05) is 42.5 Å². The van der Waals surface area contributed by atoms with Crippen molar-refractivity contribution in [2.75, 3.05) is 18.1 Å². The Morgan fingerprint density at radius 3 is 1.97 bits per heavy atom. The highest BCUT2D eigenvalue weighted by atomic mass is 16.5. The molecule has 7 nitrogen and oxygen atoms in total. The highest BCUT2D eigenvalue weighted by Gasteiger charge is 2.34. The first kappa shape index (κ1) is 22.0. The topological polar surface area (TPSA) is 84.0 Å². The second-order valence-corrected chi connectivity index (χ2v) is 7.49. The number of carbonyl (C=O) groups is 4. The normalized spacial score (nSPS) is 12.5. The van der Waals surface area contributed by atoms with Gasteiger partial charge in [-0.25, -0.2) is 4.79 Å². The molecular formula is C26H22N2O5. The summed E-state index contributed by atoms with van der Waals surface area (Å²) in [5.74, 6) is -1.62. The Bertz CT molecular complexity index is 1170. The minimum atomic E-state index is -0.625. The summed E-state index contributed by atoms with van der Waals surface area (Å²) in [6, 6.07) is 22.3. The molecule has 0 fully saturated rings. The van der Waals surface area contributed by atoms with Crippen LogP contribution in [0, 0.1) is 0 Å². The molecule has 0 aliphatic carbocycles. The van der Waals surface area contributed by atoms with Crippen LogP contribution in [0.15, 0.2) is 78.9 Å². The molecule has 3 amide bonds. The lowest BCUT2D eigenvalue weighted by molar-refractivity contribution is -0.121. The fourth-order valence-corrected chi connectivity index (χ4v) is 3.71. The maximum absolute atomic E-state index is 12.5. The number of amides is 3. The van der Waals surface area contributed by atoms with E-state index in [0.29, 0.717) is 23.2 Å². The number of hydrogen-bond donors (Lipinski definition) is 0. The summed E-state index contributed by atoms with van der Waals surface area (Å²) in [6.07, 6.45) is 0. The molecule has 0 saturated carbocycles. The van der Waals surface area contributed by atoms with E-state index in [1.165, 1.54) is 4.90 Å². The van der Waals surface area contributed by atoms with Gasteiger partial charge in [0.25, 0.3) is 17.7 Å². The van der Waals surface area contributed by atoms with E-state index in [9.17, 15) is 19.2 Å². The van der Waals surface area contributed by atoms with Gasteiger partial charge in [-0.05, 0) is 48.9 Å². The summed E-state index contributed by atoms with van der Waals surface area (Å²) in [4.78, 5) is 52.6. The zero-order valence-electron chi connectivity index (χ0n) is 18.1. The van der Waals surface area contributed by atoms with Gasteiger partial charge in [0.15, 0.2) is 6.61 Å². The lowest BCUT2D eigenvalue weighted by Gasteiger charge is -2.20. The fourth-order valence-electron chi connectivity index (χ4n) is 3.71. The molecule has 0 atom stereocenters. The van der Waals surface area contributed by atoms with Gasteiger partial charge in [-0.15, -0.1) is 0 Å². The Morgan fingerprint density at radius 2 is 1.39 bits per heavy atom.